The number of fused-ring (bicyclic) bond motifs is 3. The fraction of sp³-hybridized carbons (Fsp3) is 0.625. The van der Waals surface area contributed by atoms with Crippen molar-refractivity contribution in [3.05, 3.63) is 34.9 Å². The summed E-state index contributed by atoms with van der Waals surface area (Å²) < 4.78 is 12.3. The van der Waals surface area contributed by atoms with Crippen LogP contribution in [0.4, 0.5) is 4.79 Å². The lowest BCUT2D eigenvalue weighted by molar-refractivity contribution is 0.0108. The zero-order valence-electron chi connectivity index (χ0n) is 18.3. The number of hydrogen-bond donors (Lipinski definition) is 2. The number of ether oxygens (including phenoxy) is 2. The number of unbranched alkanes of at least 4 members (excludes halogenated alkanes) is 1. The molecule has 0 saturated carbocycles. The van der Waals surface area contributed by atoms with E-state index in [1.165, 1.54) is 5.57 Å². The van der Waals surface area contributed by atoms with Crippen LogP contribution in [0.5, 0.6) is 11.5 Å². The van der Waals surface area contributed by atoms with Crippen molar-refractivity contribution in [1.82, 2.24) is 5.32 Å². The summed E-state index contributed by atoms with van der Waals surface area (Å²) in [6, 6.07) is 4.17. The highest BCUT2D eigenvalue weighted by Crippen LogP contribution is 2.53. The average Bonchev–Trinajstić information content (AvgIpc) is 2.64. The van der Waals surface area contributed by atoms with E-state index in [1.807, 2.05) is 6.07 Å². The van der Waals surface area contributed by atoms with Crippen LogP contribution < -0.4 is 20.5 Å². The summed E-state index contributed by atoms with van der Waals surface area (Å²) in [5.41, 5.74) is 8.83. The first-order valence-electron chi connectivity index (χ1n) is 11.0. The number of amides is 1. The molecule has 29 heavy (non-hydrogen) atoms. The monoisotopic (exact) mass is 400 g/mol. The number of nitrogens with two attached hydrogens (primary N) is 1. The van der Waals surface area contributed by atoms with Crippen LogP contribution in [0.2, 0.25) is 0 Å². The Bertz CT molecular complexity index is 770. The van der Waals surface area contributed by atoms with Gasteiger partial charge in [0.15, 0.2) is 0 Å². The minimum absolute atomic E-state index is 0.207. The number of rotatable bonds is 7. The molecular weight excluding hydrogens is 364 g/mol. The van der Waals surface area contributed by atoms with Crippen molar-refractivity contribution in [2.45, 2.75) is 77.7 Å². The molecule has 3 rings (SSSR count). The molecule has 0 bridgehead atoms. The predicted molar refractivity (Wildman–Crippen MR) is 117 cm³/mol. The van der Waals surface area contributed by atoms with Crippen LogP contribution in [0.3, 0.4) is 0 Å². The lowest BCUT2D eigenvalue weighted by Crippen LogP contribution is -2.45. The van der Waals surface area contributed by atoms with E-state index in [9.17, 15) is 4.79 Å². The molecular formula is C24H36N2O3. The van der Waals surface area contributed by atoms with Gasteiger partial charge in [-0.3, -0.25) is 0 Å². The van der Waals surface area contributed by atoms with Crippen LogP contribution in [0.1, 0.15) is 76.8 Å². The summed E-state index contributed by atoms with van der Waals surface area (Å²) in [6.07, 6.45) is 7.81. The van der Waals surface area contributed by atoms with Crippen LogP contribution in [0.15, 0.2) is 23.8 Å². The van der Waals surface area contributed by atoms with Crippen molar-refractivity contribution in [3.63, 3.8) is 0 Å². The molecule has 0 fully saturated rings. The third-order valence-corrected chi connectivity index (χ3v) is 6.15. The molecule has 0 aromatic heterocycles. The summed E-state index contributed by atoms with van der Waals surface area (Å²) in [5, 5.41) is 2.85. The van der Waals surface area contributed by atoms with Crippen molar-refractivity contribution in [2.75, 3.05) is 13.1 Å². The lowest BCUT2D eigenvalue weighted by Gasteiger charge is -2.46. The molecule has 2 atom stereocenters. The summed E-state index contributed by atoms with van der Waals surface area (Å²) in [7, 11) is 0. The Hall–Kier alpha value is -2.01. The number of nitrogens with one attached hydrogen (secondary N) is 1. The zero-order valence-corrected chi connectivity index (χ0v) is 18.3. The van der Waals surface area contributed by atoms with E-state index in [2.05, 4.69) is 45.2 Å². The molecule has 1 aromatic carbocycles. The molecule has 1 aliphatic carbocycles. The molecule has 1 aromatic rings. The Morgan fingerprint density at radius 2 is 2.14 bits per heavy atom. The second-order valence-corrected chi connectivity index (χ2v) is 8.96. The Labute approximate surface area is 175 Å². The zero-order chi connectivity index (χ0) is 21.0. The van der Waals surface area contributed by atoms with Crippen LogP contribution in [-0.4, -0.2) is 24.8 Å². The number of aryl methyl sites for hydroxylation is 1. The van der Waals surface area contributed by atoms with Crippen LogP contribution >= 0.6 is 0 Å². The first-order chi connectivity index (χ1) is 13.9. The highest BCUT2D eigenvalue weighted by molar-refractivity contribution is 5.72. The summed E-state index contributed by atoms with van der Waals surface area (Å²) in [5.74, 6) is 2.07. The molecule has 1 aliphatic heterocycles. The van der Waals surface area contributed by atoms with Gasteiger partial charge in [-0.25, -0.2) is 4.79 Å². The molecule has 2 aliphatic rings. The molecule has 5 nitrogen and oxygen atoms in total. The van der Waals surface area contributed by atoms with E-state index in [1.54, 1.807) is 0 Å². The fourth-order valence-corrected chi connectivity index (χ4v) is 4.67. The van der Waals surface area contributed by atoms with Crippen molar-refractivity contribution < 1.29 is 14.3 Å². The summed E-state index contributed by atoms with van der Waals surface area (Å²) in [6.45, 7) is 9.90. The van der Waals surface area contributed by atoms with E-state index in [0.29, 0.717) is 24.8 Å². The Kier molecular flexibility index (Phi) is 6.89. The Balaban J connectivity index is 1.95. The second-order valence-electron chi connectivity index (χ2n) is 8.96. The molecule has 1 amide bonds. The van der Waals surface area contributed by atoms with Gasteiger partial charge in [-0.1, -0.05) is 25.0 Å². The normalized spacial score (nSPS) is 22.0. The molecule has 3 N–H and O–H groups in total. The Morgan fingerprint density at radius 3 is 2.86 bits per heavy atom. The molecule has 0 radical (unpaired) electrons. The van der Waals surface area contributed by atoms with Gasteiger partial charge in [-0.2, -0.15) is 0 Å². The minimum Gasteiger partial charge on any atom is -0.487 e. The third kappa shape index (κ3) is 4.95. The largest absolute Gasteiger partial charge is 0.487 e. The first-order valence-corrected chi connectivity index (χ1v) is 11.0. The van der Waals surface area contributed by atoms with Crippen molar-refractivity contribution in [3.8, 4) is 11.5 Å². The van der Waals surface area contributed by atoms with Gasteiger partial charge in [-0.15, -0.1) is 0 Å². The van der Waals surface area contributed by atoms with Crippen LogP contribution in [0, 0.1) is 5.92 Å². The topological polar surface area (TPSA) is 73.6 Å². The van der Waals surface area contributed by atoms with Crippen molar-refractivity contribution in [2.24, 2.45) is 11.7 Å². The van der Waals surface area contributed by atoms with Crippen molar-refractivity contribution in [1.29, 1.82) is 0 Å². The maximum Gasteiger partial charge on any atom is 0.412 e. The van der Waals surface area contributed by atoms with E-state index in [0.717, 1.165) is 55.4 Å². The van der Waals surface area contributed by atoms with Gasteiger partial charge in [-0.05, 0) is 77.1 Å². The van der Waals surface area contributed by atoms with Gasteiger partial charge < -0.3 is 20.5 Å². The van der Waals surface area contributed by atoms with Gasteiger partial charge in [0.2, 0.25) is 0 Å². The van der Waals surface area contributed by atoms with E-state index in [4.69, 9.17) is 15.2 Å². The number of benzene rings is 1. The number of carbonyl (C=O) groups is 1. The number of carbonyl (C=O) groups excluding carboxylic acids is 1. The lowest BCUT2D eigenvalue weighted by atomic mass is 9.68. The van der Waals surface area contributed by atoms with Gasteiger partial charge >= 0.3 is 6.09 Å². The average molecular weight is 401 g/mol. The van der Waals surface area contributed by atoms with Gasteiger partial charge in [0.25, 0.3) is 0 Å². The van der Waals surface area contributed by atoms with Crippen molar-refractivity contribution >= 4 is 6.09 Å². The van der Waals surface area contributed by atoms with Gasteiger partial charge in [0, 0.05) is 23.9 Å². The maximum atomic E-state index is 12.5. The van der Waals surface area contributed by atoms with E-state index in [-0.39, 0.29) is 11.5 Å². The highest BCUT2D eigenvalue weighted by Gasteiger charge is 2.45. The molecule has 0 spiro atoms. The molecule has 5 heteroatoms. The standard InChI is InChI=1S/C24H36N2O3/c1-5-8-17-14-20(28-23(27)26-12-7-6-11-25)22-18-13-16(2)9-10-19(18)24(3,4)29-21(22)15-17/h13-15,18-19H,5-12,25H2,1-4H3,(H,26,27). The molecule has 1 heterocycles. The SMILES string of the molecule is CCCc1cc(OC(=O)NCCCCN)c2c(c1)OC(C)(C)C1CCC(C)=CC21. The predicted octanol–water partition coefficient (Wildman–Crippen LogP) is 5.08. The van der Waals surface area contributed by atoms with Crippen LogP contribution in [0.25, 0.3) is 0 Å². The fourth-order valence-electron chi connectivity index (χ4n) is 4.67. The number of hydrogen-bond acceptors (Lipinski definition) is 4. The van der Waals surface area contributed by atoms with Gasteiger partial charge in [0.05, 0.1) is 0 Å². The van der Waals surface area contributed by atoms with E-state index >= 15 is 0 Å². The summed E-state index contributed by atoms with van der Waals surface area (Å²) in [4.78, 5) is 12.5. The van der Waals surface area contributed by atoms with Gasteiger partial charge in [0.1, 0.15) is 17.1 Å². The maximum absolute atomic E-state index is 12.5. The third-order valence-electron chi connectivity index (χ3n) is 6.15. The molecule has 160 valence electrons. The van der Waals surface area contributed by atoms with E-state index < -0.39 is 6.09 Å². The second kappa shape index (κ2) is 9.21. The van der Waals surface area contributed by atoms with Crippen LogP contribution in [-0.2, 0) is 6.42 Å². The molecule has 2 unspecified atom stereocenters. The Morgan fingerprint density at radius 1 is 1.34 bits per heavy atom. The quantitative estimate of drug-likeness (QED) is 0.495. The number of allylic oxidation sites excluding steroid dienone is 2. The molecule has 0 saturated heterocycles. The highest BCUT2D eigenvalue weighted by atomic mass is 16.6. The first kappa shape index (κ1) is 21.7. The minimum atomic E-state index is -0.407. The summed E-state index contributed by atoms with van der Waals surface area (Å²) >= 11 is 0. The smallest absolute Gasteiger partial charge is 0.412 e.